The molecule has 2 fully saturated rings. The minimum atomic E-state index is -3.42. The Morgan fingerprint density at radius 3 is 2.83 bits per heavy atom. The first kappa shape index (κ1) is 14.6. The summed E-state index contributed by atoms with van der Waals surface area (Å²) in [5.74, 6) is 2.64. The maximum Gasteiger partial charge on any atom is 0.279 e. The molecule has 0 saturated carbocycles. The SMILES string of the molecule is O=S(=O)(NCC1CCSC1)N1CCCCC1CO. The van der Waals surface area contributed by atoms with Gasteiger partial charge >= 0.3 is 0 Å². The summed E-state index contributed by atoms with van der Waals surface area (Å²) in [7, 11) is -3.42. The minimum Gasteiger partial charge on any atom is -0.395 e. The van der Waals surface area contributed by atoms with Crippen LogP contribution in [-0.2, 0) is 10.2 Å². The highest BCUT2D eigenvalue weighted by Gasteiger charge is 2.32. The second-order valence-electron chi connectivity index (χ2n) is 5.03. The molecule has 2 unspecified atom stereocenters. The van der Waals surface area contributed by atoms with Gasteiger partial charge in [0.05, 0.1) is 6.61 Å². The monoisotopic (exact) mass is 294 g/mol. The number of piperidine rings is 1. The molecule has 2 heterocycles. The van der Waals surface area contributed by atoms with Crippen molar-refractivity contribution in [3.05, 3.63) is 0 Å². The van der Waals surface area contributed by atoms with Gasteiger partial charge in [0.2, 0.25) is 0 Å². The van der Waals surface area contributed by atoms with Crippen LogP contribution in [0.25, 0.3) is 0 Å². The summed E-state index contributed by atoms with van der Waals surface area (Å²) in [4.78, 5) is 0. The molecule has 0 aromatic heterocycles. The molecule has 0 bridgehead atoms. The summed E-state index contributed by atoms with van der Waals surface area (Å²) < 4.78 is 28.6. The van der Waals surface area contributed by atoms with E-state index in [0.717, 1.165) is 37.2 Å². The van der Waals surface area contributed by atoms with Crippen LogP contribution in [0.4, 0.5) is 0 Å². The highest BCUT2D eigenvalue weighted by atomic mass is 32.2. The number of rotatable bonds is 5. The van der Waals surface area contributed by atoms with Crippen LogP contribution in [0, 0.1) is 5.92 Å². The number of thioether (sulfide) groups is 1. The van der Waals surface area contributed by atoms with Crippen molar-refractivity contribution >= 4 is 22.0 Å². The summed E-state index contributed by atoms with van der Waals surface area (Å²) >= 11 is 1.88. The molecular weight excluding hydrogens is 272 g/mol. The van der Waals surface area contributed by atoms with E-state index in [4.69, 9.17) is 0 Å². The van der Waals surface area contributed by atoms with Gasteiger partial charge in [-0.05, 0) is 36.7 Å². The van der Waals surface area contributed by atoms with Crippen molar-refractivity contribution in [2.45, 2.75) is 31.7 Å². The van der Waals surface area contributed by atoms with Crippen LogP contribution in [0.1, 0.15) is 25.7 Å². The molecule has 2 aliphatic heterocycles. The average molecular weight is 294 g/mol. The molecule has 0 spiro atoms. The summed E-state index contributed by atoms with van der Waals surface area (Å²) in [5, 5.41) is 9.27. The van der Waals surface area contributed by atoms with Crippen molar-refractivity contribution in [3.63, 3.8) is 0 Å². The Morgan fingerprint density at radius 1 is 1.33 bits per heavy atom. The van der Waals surface area contributed by atoms with Gasteiger partial charge in [-0.15, -0.1) is 0 Å². The molecule has 2 atom stereocenters. The van der Waals surface area contributed by atoms with E-state index in [9.17, 15) is 13.5 Å². The van der Waals surface area contributed by atoms with E-state index in [-0.39, 0.29) is 12.6 Å². The van der Waals surface area contributed by atoms with E-state index >= 15 is 0 Å². The van der Waals surface area contributed by atoms with Crippen molar-refractivity contribution < 1.29 is 13.5 Å². The first-order chi connectivity index (χ1) is 8.63. The van der Waals surface area contributed by atoms with Crippen molar-refractivity contribution in [3.8, 4) is 0 Å². The Bertz CT molecular complexity index is 355. The lowest BCUT2D eigenvalue weighted by molar-refractivity contribution is 0.153. The normalized spacial score (nSPS) is 30.7. The zero-order valence-electron chi connectivity index (χ0n) is 10.5. The predicted molar refractivity (Wildman–Crippen MR) is 73.8 cm³/mol. The maximum atomic E-state index is 12.2. The Labute approximate surface area is 114 Å². The number of nitrogens with zero attached hydrogens (tertiary/aromatic N) is 1. The van der Waals surface area contributed by atoms with E-state index in [2.05, 4.69) is 4.72 Å². The van der Waals surface area contributed by atoms with Gasteiger partial charge in [-0.25, -0.2) is 4.72 Å². The molecular formula is C11H22N2O3S2. The quantitative estimate of drug-likeness (QED) is 0.771. The van der Waals surface area contributed by atoms with Crippen LogP contribution < -0.4 is 4.72 Å². The molecule has 5 nitrogen and oxygen atoms in total. The molecule has 7 heteroatoms. The van der Waals surface area contributed by atoms with E-state index in [0.29, 0.717) is 19.0 Å². The lowest BCUT2D eigenvalue weighted by Crippen LogP contribution is -2.51. The number of aliphatic hydroxyl groups excluding tert-OH is 1. The van der Waals surface area contributed by atoms with E-state index < -0.39 is 10.2 Å². The van der Waals surface area contributed by atoms with Crippen molar-refractivity contribution in [2.24, 2.45) is 5.92 Å². The zero-order valence-corrected chi connectivity index (χ0v) is 12.2. The first-order valence-electron chi connectivity index (χ1n) is 6.58. The van der Waals surface area contributed by atoms with Gasteiger partial charge in [-0.1, -0.05) is 6.42 Å². The predicted octanol–water partition coefficient (Wildman–Crippen LogP) is 0.421. The lowest BCUT2D eigenvalue weighted by atomic mass is 10.1. The van der Waals surface area contributed by atoms with Gasteiger partial charge in [0, 0.05) is 19.1 Å². The minimum absolute atomic E-state index is 0.0831. The Morgan fingerprint density at radius 2 is 2.17 bits per heavy atom. The number of nitrogens with one attached hydrogen (secondary N) is 1. The molecule has 0 aromatic rings. The molecule has 0 amide bonds. The lowest BCUT2D eigenvalue weighted by Gasteiger charge is -2.33. The van der Waals surface area contributed by atoms with Gasteiger partial charge in [0.25, 0.3) is 10.2 Å². The van der Waals surface area contributed by atoms with Crippen LogP contribution in [0.5, 0.6) is 0 Å². The fourth-order valence-electron chi connectivity index (χ4n) is 2.52. The molecule has 0 aromatic carbocycles. The zero-order chi connectivity index (χ0) is 13.0. The summed E-state index contributed by atoms with van der Waals surface area (Å²) in [6, 6.07) is -0.241. The Kier molecular flexibility index (Phi) is 5.32. The smallest absolute Gasteiger partial charge is 0.279 e. The van der Waals surface area contributed by atoms with Crippen molar-refractivity contribution in [1.82, 2.24) is 9.03 Å². The standard InChI is InChI=1S/C11H22N2O3S2/c14-8-11-3-1-2-5-13(11)18(15,16)12-7-10-4-6-17-9-10/h10-12,14H,1-9H2. The topological polar surface area (TPSA) is 69.6 Å². The fourth-order valence-corrected chi connectivity index (χ4v) is 5.35. The third kappa shape index (κ3) is 3.60. The fraction of sp³-hybridized carbons (Fsp3) is 1.00. The largest absolute Gasteiger partial charge is 0.395 e. The van der Waals surface area contributed by atoms with E-state index in [1.807, 2.05) is 11.8 Å². The molecule has 2 aliphatic rings. The van der Waals surface area contributed by atoms with Crippen LogP contribution in [0.3, 0.4) is 0 Å². The van der Waals surface area contributed by atoms with Crippen molar-refractivity contribution in [1.29, 1.82) is 0 Å². The second-order valence-corrected chi connectivity index (χ2v) is 7.88. The highest BCUT2D eigenvalue weighted by molar-refractivity contribution is 7.99. The summed E-state index contributed by atoms with van der Waals surface area (Å²) in [5.41, 5.74) is 0. The van der Waals surface area contributed by atoms with Crippen LogP contribution in [-0.4, -0.2) is 55.1 Å². The third-order valence-electron chi connectivity index (χ3n) is 3.67. The average Bonchev–Trinajstić information content (AvgIpc) is 2.89. The second kappa shape index (κ2) is 6.56. The molecule has 0 radical (unpaired) electrons. The van der Waals surface area contributed by atoms with Gasteiger partial charge < -0.3 is 5.11 Å². The Hall–Kier alpha value is 0.180. The Balaban J connectivity index is 1.91. The molecule has 0 aliphatic carbocycles. The van der Waals surface area contributed by atoms with Crippen LogP contribution in [0.2, 0.25) is 0 Å². The highest BCUT2D eigenvalue weighted by Crippen LogP contribution is 2.24. The van der Waals surface area contributed by atoms with Gasteiger partial charge in [0.15, 0.2) is 0 Å². The van der Waals surface area contributed by atoms with Crippen LogP contribution >= 0.6 is 11.8 Å². The molecule has 2 rings (SSSR count). The number of hydrogen-bond donors (Lipinski definition) is 2. The van der Waals surface area contributed by atoms with E-state index in [1.54, 1.807) is 0 Å². The molecule has 18 heavy (non-hydrogen) atoms. The molecule has 2 N–H and O–H groups in total. The molecule has 106 valence electrons. The van der Waals surface area contributed by atoms with Gasteiger partial charge in [-0.2, -0.15) is 24.5 Å². The number of aliphatic hydroxyl groups is 1. The maximum absolute atomic E-state index is 12.2. The van der Waals surface area contributed by atoms with Gasteiger partial charge in [0.1, 0.15) is 0 Å². The third-order valence-corrected chi connectivity index (χ3v) is 6.53. The van der Waals surface area contributed by atoms with Crippen molar-refractivity contribution in [2.75, 3.05) is 31.2 Å². The molecule has 2 saturated heterocycles. The van der Waals surface area contributed by atoms with Crippen LogP contribution in [0.15, 0.2) is 0 Å². The summed E-state index contributed by atoms with van der Waals surface area (Å²) in [6.45, 7) is 0.976. The summed E-state index contributed by atoms with van der Waals surface area (Å²) in [6.07, 6.45) is 3.74. The number of hydrogen-bond acceptors (Lipinski definition) is 4. The van der Waals surface area contributed by atoms with E-state index in [1.165, 1.54) is 4.31 Å². The van der Waals surface area contributed by atoms with Gasteiger partial charge in [-0.3, -0.25) is 0 Å². The first-order valence-corrected chi connectivity index (χ1v) is 9.18.